The van der Waals surface area contributed by atoms with E-state index < -0.39 is 5.97 Å². The van der Waals surface area contributed by atoms with Gasteiger partial charge in [-0.3, -0.25) is 0 Å². The van der Waals surface area contributed by atoms with Crippen molar-refractivity contribution in [3.05, 3.63) is 77.9 Å². The molecule has 4 rings (SSSR count). The highest BCUT2D eigenvalue weighted by Gasteiger charge is 2.28. The van der Waals surface area contributed by atoms with Gasteiger partial charge in [-0.2, -0.15) is 4.80 Å². The maximum absolute atomic E-state index is 11.9. The third-order valence-electron chi connectivity index (χ3n) is 5.70. The van der Waals surface area contributed by atoms with Crippen LogP contribution in [0.3, 0.4) is 0 Å². The van der Waals surface area contributed by atoms with Crippen molar-refractivity contribution in [3.8, 4) is 16.8 Å². The number of aromatic carboxylic acids is 1. The summed E-state index contributed by atoms with van der Waals surface area (Å²) in [6.07, 6.45) is 0.989. The van der Waals surface area contributed by atoms with Crippen molar-refractivity contribution in [1.29, 1.82) is 0 Å². The van der Waals surface area contributed by atoms with Crippen LogP contribution in [0.2, 0.25) is 0 Å². The van der Waals surface area contributed by atoms with E-state index in [0.29, 0.717) is 5.56 Å². The Balaban J connectivity index is 1.73. The van der Waals surface area contributed by atoms with Gasteiger partial charge in [0, 0.05) is 0 Å². The number of carboxylic acid groups (broad SMARTS) is 1. The molecule has 0 aliphatic rings. The van der Waals surface area contributed by atoms with Crippen LogP contribution in [-0.4, -0.2) is 26.1 Å². The monoisotopic (exact) mass is 427 g/mol. The highest BCUT2D eigenvalue weighted by atomic mass is 16.4. The molecule has 0 aliphatic carbocycles. The maximum Gasteiger partial charge on any atom is 0.336 e. The Morgan fingerprint density at radius 2 is 1.47 bits per heavy atom. The molecule has 5 heteroatoms. The summed E-state index contributed by atoms with van der Waals surface area (Å²) >= 11 is 0. The van der Waals surface area contributed by atoms with Crippen molar-refractivity contribution in [2.75, 3.05) is 0 Å². The zero-order valence-electron chi connectivity index (χ0n) is 19.3. The van der Waals surface area contributed by atoms with Gasteiger partial charge < -0.3 is 5.11 Å². The average Bonchev–Trinajstić information content (AvgIpc) is 3.16. The number of hydrogen-bond donors (Lipinski definition) is 1. The van der Waals surface area contributed by atoms with E-state index in [4.69, 9.17) is 0 Å². The molecule has 32 heavy (non-hydrogen) atoms. The van der Waals surface area contributed by atoms with Gasteiger partial charge in [0.25, 0.3) is 0 Å². The summed E-state index contributed by atoms with van der Waals surface area (Å²) in [7, 11) is 0. The number of aromatic nitrogens is 3. The van der Waals surface area contributed by atoms with Crippen LogP contribution in [0.15, 0.2) is 66.7 Å². The molecule has 0 fully saturated rings. The summed E-state index contributed by atoms with van der Waals surface area (Å²) in [4.78, 5) is 13.6. The molecule has 0 amide bonds. The summed E-state index contributed by atoms with van der Waals surface area (Å²) < 4.78 is 0. The minimum Gasteiger partial charge on any atom is -0.478 e. The van der Waals surface area contributed by atoms with Crippen LogP contribution in [0.1, 0.15) is 57.0 Å². The number of carboxylic acids is 1. The van der Waals surface area contributed by atoms with E-state index >= 15 is 0 Å². The van der Waals surface area contributed by atoms with Crippen LogP contribution in [-0.2, 0) is 5.41 Å². The van der Waals surface area contributed by atoms with Gasteiger partial charge in [0.1, 0.15) is 11.0 Å². The molecular weight excluding hydrogens is 398 g/mol. The maximum atomic E-state index is 11.9. The Morgan fingerprint density at radius 1 is 0.875 bits per heavy atom. The predicted molar refractivity (Wildman–Crippen MR) is 128 cm³/mol. The van der Waals surface area contributed by atoms with E-state index in [1.165, 1.54) is 0 Å². The molecule has 0 radical (unpaired) electrons. The zero-order chi connectivity index (χ0) is 23.1. The van der Waals surface area contributed by atoms with Crippen molar-refractivity contribution in [3.63, 3.8) is 0 Å². The third-order valence-corrected chi connectivity index (χ3v) is 5.70. The molecule has 0 atom stereocenters. The Kier molecular flexibility index (Phi) is 5.37. The van der Waals surface area contributed by atoms with E-state index in [9.17, 15) is 9.90 Å². The number of nitrogens with zero attached hydrogens (tertiary/aromatic N) is 3. The van der Waals surface area contributed by atoms with Crippen LogP contribution < -0.4 is 0 Å². The first-order chi connectivity index (χ1) is 15.0. The number of hydrogen-bond acceptors (Lipinski definition) is 3. The lowest BCUT2D eigenvalue weighted by Gasteiger charge is -2.33. The molecule has 5 nitrogen and oxygen atoms in total. The van der Waals surface area contributed by atoms with Crippen molar-refractivity contribution >= 4 is 17.0 Å². The molecular formula is C27H29N3O2. The lowest BCUT2D eigenvalue weighted by molar-refractivity contribution is 0.0697. The van der Waals surface area contributed by atoms with Gasteiger partial charge in [-0.25, -0.2) is 4.79 Å². The second-order valence-electron chi connectivity index (χ2n) is 10.2. The van der Waals surface area contributed by atoms with Gasteiger partial charge in [0.05, 0.1) is 11.3 Å². The Hall–Kier alpha value is -3.47. The Morgan fingerprint density at radius 3 is 2.00 bits per heavy atom. The van der Waals surface area contributed by atoms with Gasteiger partial charge in [0.15, 0.2) is 0 Å². The summed E-state index contributed by atoms with van der Waals surface area (Å²) in [5, 5.41) is 18.8. The predicted octanol–water partition coefficient (Wildman–Crippen LogP) is 6.50. The quantitative estimate of drug-likeness (QED) is 0.395. The first-order valence-electron chi connectivity index (χ1n) is 10.8. The van der Waals surface area contributed by atoms with Crippen molar-refractivity contribution in [1.82, 2.24) is 15.0 Å². The molecule has 1 heterocycles. The van der Waals surface area contributed by atoms with Gasteiger partial charge in [-0.1, -0.05) is 65.0 Å². The number of rotatable bonds is 5. The zero-order valence-corrected chi connectivity index (χ0v) is 19.3. The molecule has 0 spiro atoms. The minimum absolute atomic E-state index is 0.0803. The van der Waals surface area contributed by atoms with Crippen LogP contribution in [0.4, 0.5) is 0 Å². The van der Waals surface area contributed by atoms with Gasteiger partial charge >= 0.3 is 5.97 Å². The number of carbonyl (C=O) groups is 1. The standard InChI is InChI=1S/C27H29N3O2/c1-26(2,3)17-27(4,5)19-12-15-21(25(31)32)22(16-19)18-10-13-20(14-11-18)30-28-23-8-6-7-9-24(23)29-30/h6-16H,17H2,1-5H3,(H,31,32). The molecule has 0 unspecified atom stereocenters. The molecule has 3 aromatic carbocycles. The fourth-order valence-corrected chi connectivity index (χ4v) is 4.57. The lowest BCUT2D eigenvalue weighted by Crippen LogP contribution is -2.25. The fraction of sp³-hybridized carbons (Fsp3) is 0.296. The number of fused-ring (bicyclic) bond motifs is 1. The van der Waals surface area contributed by atoms with Crippen LogP contribution in [0.5, 0.6) is 0 Å². The first-order valence-corrected chi connectivity index (χ1v) is 10.8. The molecule has 0 bridgehead atoms. The van der Waals surface area contributed by atoms with Crippen molar-refractivity contribution in [2.45, 2.75) is 46.5 Å². The van der Waals surface area contributed by atoms with Gasteiger partial charge in [-0.05, 0) is 70.3 Å². The second kappa shape index (κ2) is 7.90. The molecule has 0 saturated carbocycles. The molecule has 4 aromatic rings. The van der Waals surface area contributed by atoms with Crippen LogP contribution in [0, 0.1) is 5.41 Å². The van der Waals surface area contributed by atoms with Crippen molar-refractivity contribution in [2.24, 2.45) is 5.41 Å². The average molecular weight is 428 g/mol. The normalized spacial score (nSPS) is 12.3. The summed E-state index contributed by atoms with van der Waals surface area (Å²) in [6.45, 7) is 11.1. The largest absolute Gasteiger partial charge is 0.478 e. The van der Waals surface area contributed by atoms with E-state index in [1.54, 1.807) is 10.9 Å². The fourth-order valence-electron chi connectivity index (χ4n) is 4.57. The minimum atomic E-state index is -0.927. The SMILES string of the molecule is CC(C)(C)CC(C)(C)c1ccc(C(=O)O)c(-c2ccc(-n3nc4ccccc4n3)cc2)c1. The van der Waals surface area contributed by atoms with Crippen molar-refractivity contribution < 1.29 is 9.90 Å². The van der Waals surface area contributed by atoms with E-state index in [2.05, 4.69) is 44.8 Å². The summed E-state index contributed by atoms with van der Waals surface area (Å²) in [5.74, 6) is -0.927. The molecule has 1 N–H and O–H groups in total. The lowest BCUT2D eigenvalue weighted by atomic mass is 9.71. The van der Waals surface area contributed by atoms with Gasteiger partial charge in [-0.15, -0.1) is 10.2 Å². The van der Waals surface area contributed by atoms with E-state index in [-0.39, 0.29) is 10.8 Å². The second-order valence-corrected chi connectivity index (χ2v) is 10.2. The van der Waals surface area contributed by atoms with Crippen LogP contribution >= 0.6 is 0 Å². The van der Waals surface area contributed by atoms with Crippen LogP contribution in [0.25, 0.3) is 27.8 Å². The van der Waals surface area contributed by atoms with E-state index in [0.717, 1.165) is 39.8 Å². The first kappa shape index (κ1) is 21.8. The highest BCUT2D eigenvalue weighted by Crippen LogP contribution is 2.38. The number of benzene rings is 3. The molecule has 0 saturated heterocycles. The Labute approximate surface area is 188 Å². The van der Waals surface area contributed by atoms with Gasteiger partial charge in [0.2, 0.25) is 0 Å². The van der Waals surface area contributed by atoms with E-state index in [1.807, 2.05) is 60.7 Å². The highest BCUT2D eigenvalue weighted by molar-refractivity contribution is 5.96. The molecule has 1 aromatic heterocycles. The summed E-state index contributed by atoms with van der Waals surface area (Å²) in [6, 6.07) is 21.2. The molecule has 0 aliphatic heterocycles. The smallest absolute Gasteiger partial charge is 0.336 e. The third kappa shape index (κ3) is 4.42. The molecule has 164 valence electrons. The Bertz CT molecular complexity index is 1250. The summed E-state index contributed by atoms with van der Waals surface area (Å²) in [5.41, 5.74) is 5.59. The topological polar surface area (TPSA) is 68.0 Å².